The van der Waals surface area contributed by atoms with E-state index in [9.17, 15) is 14.4 Å². The van der Waals surface area contributed by atoms with Crippen LogP contribution in [0.2, 0.25) is 0 Å². The summed E-state index contributed by atoms with van der Waals surface area (Å²) in [6.45, 7) is 11.2. The first-order valence-corrected chi connectivity index (χ1v) is 9.13. The third kappa shape index (κ3) is 19.2. The van der Waals surface area contributed by atoms with E-state index >= 15 is 0 Å². The molecule has 0 unspecified atom stereocenters. The number of carbonyl (C=O) groups excluding carboxylic acids is 1. The number of hydrogen-bond acceptors (Lipinski definition) is 4. The standard InChI is InChI=1S/C8H10O4.C8H8.C7H12O2/c1-2-3-6(8(11)12)4-5-7(9)10;1-2-8-6-4-3-5-7-8;1-3-5-6-9-7(8)4-2/h3-5H,2H2,1H3,(H,9,10)(H,11,12);2-7H,1H2;4H,2-3,5-6H2,1H3. The van der Waals surface area contributed by atoms with Crippen LogP contribution in [-0.2, 0) is 19.1 Å². The molecule has 0 heterocycles. The van der Waals surface area contributed by atoms with E-state index in [2.05, 4.69) is 17.9 Å². The Bertz CT molecular complexity index is 687. The smallest absolute Gasteiger partial charge is 0.335 e. The zero-order valence-electron chi connectivity index (χ0n) is 17.0. The van der Waals surface area contributed by atoms with Gasteiger partial charge >= 0.3 is 17.9 Å². The van der Waals surface area contributed by atoms with Crippen LogP contribution in [0.3, 0.4) is 0 Å². The van der Waals surface area contributed by atoms with Crippen LogP contribution < -0.4 is 0 Å². The van der Waals surface area contributed by atoms with Gasteiger partial charge in [-0.25, -0.2) is 14.4 Å². The molecule has 0 saturated carbocycles. The highest BCUT2D eigenvalue weighted by molar-refractivity contribution is 5.92. The number of hydrogen-bond donors (Lipinski definition) is 2. The molecule has 0 aliphatic rings. The average molecular weight is 402 g/mol. The summed E-state index contributed by atoms with van der Waals surface area (Å²) in [6.07, 6.45) is 8.86. The van der Waals surface area contributed by atoms with Crippen LogP contribution >= 0.6 is 0 Å². The van der Waals surface area contributed by atoms with Gasteiger partial charge in [-0.05, 0) is 24.5 Å². The van der Waals surface area contributed by atoms with Crippen molar-refractivity contribution in [2.45, 2.75) is 33.1 Å². The van der Waals surface area contributed by atoms with Crippen molar-refractivity contribution >= 4 is 24.0 Å². The molecular formula is C23H30O6. The molecule has 0 radical (unpaired) electrons. The Kier molecular flexibility index (Phi) is 18.6. The Morgan fingerprint density at radius 2 is 1.66 bits per heavy atom. The fraction of sp³-hybridized carbons (Fsp3) is 0.261. The second-order valence-electron chi connectivity index (χ2n) is 5.38. The minimum atomic E-state index is -1.15. The summed E-state index contributed by atoms with van der Waals surface area (Å²) >= 11 is 0. The molecule has 0 bridgehead atoms. The highest BCUT2D eigenvalue weighted by Crippen LogP contribution is 1.99. The molecule has 0 aliphatic heterocycles. The maximum Gasteiger partial charge on any atom is 0.335 e. The van der Waals surface area contributed by atoms with Gasteiger partial charge in [-0.2, -0.15) is 0 Å². The number of benzene rings is 1. The fourth-order valence-electron chi connectivity index (χ4n) is 1.57. The topological polar surface area (TPSA) is 101 Å². The molecule has 0 atom stereocenters. The Labute approximate surface area is 172 Å². The molecule has 0 saturated heterocycles. The number of rotatable bonds is 9. The van der Waals surface area contributed by atoms with Crippen molar-refractivity contribution < 1.29 is 29.3 Å². The van der Waals surface area contributed by atoms with Crippen LogP contribution in [0.15, 0.2) is 73.4 Å². The molecule has 6 heteroatoms. The first kappa shape index (κ1) is 27.8. The predicted molar refractivity (Wildman–Crippen MR) is 115 cm³/mol. The van der Waals surface area contributed by atoms with E-state index in [0.29, 0.717) is 13.0 Å². The first-order chi connectivity index (χ1) is 13.8. The van der Waals surface area contributed by atoms with Crippen molar-refractivity contribution in [1.82, 2.24) is 0 Å². The van der Waals surface area contributed by atoms with Gasteiger partial charge in [-0.15, -0.1) is 0 Å². The van der Waals surface area contributed by atoms with Crippen LogP contribution in [0.4, 0.5) is 0 Å². The highest BCUT2D eigenvalue weighted by atomic mass is 16.5. The van der Waals surface area contributed by atoms with Crippen molar-refractivity contribution in [3.63, 3.8) is 0 Å². The number of esters is 1. The van der Waals surface area contributed by atoms with Gasteiger partial charge in [-0.1, -0.05) is 75.9 Å². The van der Waals surface area contributed by atoms with Crippen LogP contribution in [0.1, 0.15) is 38.7 Å². The van der Waals surface area contributed by atoms with Gasteiger partial charge in [0.25, 0.3) is 0 Å². The molecule has 1 rings (SSSR count). The Morgan fingerprint density at radius 3 is 2.03 bits per heavy atom. The molecule has 1 aromatic rings. The number of carbonyl (C=O) groups is 3. The van der Waals surface area contributed by atoms with Gasteiger partial charge in [0.15, 0.2) is 0 Å². The molecule has 6 nitrogen and oxygen atoms in total. The minimum absolute atomic E-state index is 0.0000926. The molecule has 29 heavy (non-hydrogen) atoms. The molecule has 2 N–H and O–H groups in total. The molecule has 1 aromatic carbocycles. The lowest BCUT2D eigenvalue weighted by molar-refractivity contribution is -0.138. The lowest BCUT2D eigenvalue weighted by Crippen LogP contribution is -2.00. The number of carboxylic acid groups (broad SMARTS) is 2. The van der Waals surface area contributed by atoms with Gasteiger partial charge in [0.2, 0.25) is 0 Å². The molecule has 0 aliphatic carbocycles. The number of allylic oxidation sites excluding steroid dienone is 1. The maximum atomic E-state index is 10.4. The third-order valence-corrected chi connectivity index (χ3v) is 3.02. The van der Waals surface area contributed by atoms with Crippen molar-refractivity contribution in [2.24, 2.45) is 0 Å². The monoisotopic (exact) mass is 402 g/mol. The van der Waals surface area contributed by atoms with Gasteiger partial charge < -0.3 is 14.9 Å². The lowest BCUT2D eigenvalue weighted by Gasteiger charge is -1.97. The number of unbranched alkanes of at least 4 members (excludes halogenated alkanes) is 1. The van der Waals surface area contributed by atoms with Crippen molar-refractivity contribution in [3.05, 3.63) is 78.9 Å². The van der Waals surface area contributed by atoms with E-state index in [1.165, 1.54) is 17.7 Å². The third-order valence-electron chi connectivity index (χ3n) is 3.02. The fourth-order valence-corrected chi connectivity index (χ4v) is 1.57. The van der Waals surface area contributed by atoms with E-state index in [1.54, 1.807) is 6.92 Å². The van der Waals surface area contributed by atoms with Crippen molar-refractivity contribution in [1.29, 1.82) is 0 Å². The molecule has 0 aromatic heterocycles. The summed E-state index contributed by atoms with van der Waals surface area (Å²) in [7, 11) is 0. The summed E-state index contributed by atoms with van der Waals surface area (Å²) in [5.41, 5.74) is 1.17. The molecule has 0 amide bonds. The largest absolute Gasteiger partial charge is 0.478 e. The van der Waals surface area contributed by atoms with E-state index < -0.39 is 11.9 Å². The Hall–Kier alpha value is -3.41. The SMILES string of the molecule is C=CC(=O)OCCCC.C=Cc1ccccc1.CCC=C(C=CC(=O)O)C(=O)O. The van der Waals surface area contributed by atoms with E-state index in [0.717, 1.165) is 25.0 Å². The van der Waals surface area contributed by atoms with Gasteiger partial charge in [0.05, 0.1) is 12.2 Å². The lowest BCUT2D eigenvalue weighted by atomic mass is 10.2. The van der Waals surface area contributed by atoms with Crippen molar-refractivity contribution in [3.8, 4) is 0 Å². The van der Waals surface area contributed by atoms with E-state index in [1.807, 2.05) is 43.3 Å². The number of ether oxygens (including phenoxy) is 1. The van der Waals surface area contributed by atoms with E-state index in [-0.39, 0.29) is 11.5 Å². The van der Waals surface area contributed by atoms with E-state index in [4.69, 9.17) is 10.2 Å². The Morgan fingerprint density at radius 1 is 1.03 bits per heavy atom. The van der Waals surface area contributed by atoms with Crippen LogP contribution in [0.5, 0.6) is 0 Å². The summed E-state index contributed by atoms with van der Waals surface area (Å²) in [6, 6.07) is 10.0. The summed E-state index contributed by atoms with van der Waals surface area (Å²) in [5.74, 6) is -2.60. The summed E-state index contributed by atoms with van der Waals surface area (Å²) in [5, 5.41) is 16.7. The van der Waals surface area contributed by atoms with Gasteiger partial charge in [-0.3, -0.25) is 0 Å². The second kappa shape index (κ2) is 19.4. The summed E-state index contributed by atoms with van der Waals surface area (Å²) < 4.78 is 4.67. The van der Waals surface area contributed by atoms with Crippen LogP contribution in [0, 0.1) is 0 Å². The number of aliphatic carboxylic acids is 2. The molecule has 158 valence electrons. The zero-order chi connectivity index (χ0) is 22.5. The molecular weight excluding hydrogens is 372 g/mol. The number of carboxylic acids is 2. The van der Waals surface area contributed by atoms with Gasteiger partial charge in [0, 0.05) is 12.2 Å². The summed E-state index contributed by atoms with van der Waals surface area (Å²) in [4.78, 5) is 30.8. The molecule has 0 fully saturated rings. The average Bonchev–Trinajstić information content (AvgIpc) is 2.72. The normalized spacial score (nSPS) is 9.93. The van der Waals surface area contributed by atoms with Crippen LogP contribution in [0.25, 0.3) is 6.08 Å². The highest BCUT2D eigenvalue weighted by Gasteiger charge is 2.01. The van der Waals surface area contributed by atoms with Crippen LogP contribution in [-0.4, -0.2) is 34.7 Å². The van der Waals surface area contributed by atoms with Gasteiger partial charge in [0.1, 0.15) is 0 Å². The Balaban J connectivity index is 0. The van der Waals surface area contributed by atoms with Crippen molar-refractivity contribution in [2.75, 3.05) is 6.61 Å². The maximum absolute atomic E-state index is 10.4. The quantitative estimate of drug-likeness (QED) is 0.264. The second-order valence-corrected chi connectivity index (χ2v) is 5.38. The zero-order valence-corrected chi connectivity index (χ0v) is 17.0. The molecule has 0 spiro atoms. The predicted octanol–water partition coefficient (Wildman–Crippen LogP) is 4.89. The first-order valence-electron chi connectivity index (χ1n) is 9.13. The minimum Gasteiger partial charge on any atom is -0.478 e.